The van der Waals surface area contributed by atoms with Crippen LogP contribution in [0.4, 0.5) is 13.2 Å². The second-order valence-electron chi connectivity index (χ2n) is 8.23. The van der Waals surface area contributed by atoms with Crippen LogP contribution in [0.1, 0.15) is 48.5 Å². The van der Waals surface area contributed by atoms with Crippen molar-refractivity contribution < 1.29 is 18.0 Å². The molecule has 2 heterocycles. The zero-order valence-corrected chi connectivity index (χ0v) is 20.8. The minimum atomic E-state index is -4.17. The molecule has 32 heavy (non-hydrogen) atoms. The monoisotopic (exact) mass is 567 g/mol. The van der Waals surface area contributed by atoms with E-state index in [1.807, 2.05) is 36.1 Å². The first-order valence-electron chi connectivity index (χ1n) is 11.1. The molecule has 0 saturated carbocycles. The van der Waals surface area contributed by atoms with Crippen LogP contribution >= 0.6 is 24.0 Å². The van der Waals surface area contributed by atoms with Gasteiger partial charge in [0, 0.05) is 44.3 Å². The Morgan fingerprint density at radius 1 is 1.12 bits per heavy atom. The number of hydrogen-bond acceptors (Lipinski definition) is 3. The van der Waals surface area contributed by atoms with Crippen LogP contribution in [0.15, 0.2) is 29.3 Å². The van der Waals surface area contributed by atoms with Gasteiger partial charge in [0.1, 0.15) is 0 Å². The summed E-state index contributed by atoms with van der Waals surface area (Å²) in [6.07, 6.45) is -0.214. The van der Waals surface area contributed by atoms with Crippen molar-refractivity contribution in [2.24, 2.45) is 4.99 Å². The largest absolute Gasteiger partial charge is 0.401 e. The highest BCUT2D eigenvalue weighted by Crippen LogP contribution is 2.20. The van der Waals surface area contributed by atoms with E-state index in [9.17, 15) is 18.0 Å². The first kappa shape index (κ1) is 26.7. The minimum Gasteiger partial charge on any atom is -0.357 e. The molecule has 0 aliphatic carbocycles. The normalized spacial score (nSPS) is 20.1. The molecule has 0 spiro atoms. The maximum absolute atomic E-state index is 12.6. The molecule has 1 aromatic rings. The van der Waals surface area contributed by atoms with Crippen LogP contribution in [0, 0.1) is 0 Å². The van der Waals surface area contributed by atoms with Gasteiger partial charge in [-0.05, 0) is 50.3 Å². The fourth-order valence-electron chi connectivity index (χ4n) is 4.06. The van der Waals surface area contributed by atoms with Gasteiger partial charge in [-0.25, -0.2) is 4.99 Å². The van der Waals surface area contributed by atoms with Crippen molar-refractivity contribution in [1.82, 2.24) is 20.4 Å². The first-order chi connectivity index (χ1) is 14.8. The number of halogens is 4. The summed E-state index contributed by atoms with van der Waals surface area (Å²) >= 11 is 0. The van der Waals surface area contributed by atoms with Crippen molar-refractivity contribution in [3.8, 4) is 0 Å². The van der Waals surface area contributed by atoms with Crippen LogP contribution in [-0.2, 0) is 6.54 Å². The van der Waals surface area contributed by atoms with Gasteiger partial charge in [0.25, 0.3) is 5.91 Å². The third kappa shape index (κ3) is 8.42. The zero-order valence-electron chi connectivity index (χ0n) is 18.5. The number of carbonyl (C=O) groups excluding carboxylic acids is 1. The number of carbonyl (C=O) groups is 1. The number of benzene rings is 1. The molecule has 2 aliphatic rings. The summed E-state index contributed by atoms with van der Waals surface area (Å²) in [7, 11) is 0. The van der Waals surface area contributed by atoms with Crippen LogP contribution < -0.4 is 10.6 Å². The third-order valence-electron chi connectivity index (χ3n) is 5.62. The van der Waals surface area contributed by atoms with Crippen molar-refractivity contribution >= 4 is 35.8 Å². The van der Waals surface area contributed by atoms with Gasteiger partial charge in [0.05, 0.1) is 13.1 Å². The molecular weight excluding hydrogens is 534 g/mol. The number of nitrogens with one attached hydrogen (secondary N) is 2. The van der Waals surface area contributed by atoms with Crippen molar-refractivity contribution in [2.75, 3.05) is 39.3 Å². The molecule has 2 N–H and O–H groups in total. The Balaban J connectivity index is 0.00000363. The number of amides is 1. The lowest BCUT2D eigenvalue weighted by atomic mass is 10.1. The quantitative estimate of drug-likeness (QED) is 0.314. The highest BCUT2D eigenvalue weighted by molar-refractivity contribution is 14.0. The second-order valence-corrected chi connectivity index (χ2v) is 8.23. The van der Waals surface area contributed by atoms with Crippen LogP contribution in [0.3, 0.4) is 0 Å². The molecule has 0 aromatic heterocycles. The minimum absolute atomic E-state index is 0. The summed E-state index contributed by atoms with van der Waals surface area (Å²) in [6, 6.07) is 7.43. The second kappa shape index (κ2) is 12.6. The molecule has 0 radical (unpaired) electrons. The van der Waals surface area contributed by atoms with Crippen molar-refractivity contribution in [3.63, 3.8) is 0 Å². The highest BCUT2D eigenvalue weighted by atomic mass is 127. The summed E-state index contributed by atoms with van der Waals surface area (Å²) < 4.78 is 37.8. The van der Waals surface area contributed by atoms with Gasteiger partial charge in [-0.15, -0.1) is 24.0 Å². The van der Waals surface area contributed by atoms with Crippen LogP contribution in [0.25, 0.3) is 0 Å². The number of piperidine rings is 1. The van der Waals surface area contributed by atoms with Gasteiger partial charge >= 0.3 is 6.18 Å². The molecule has 3 rings (SSSR count). The number of likely N-dealkylation sites (tertiary alicyclic amines) is 2. The summed E-state index contributed by atoms with van der Waals surface area (Å²) in [4.78, 5) is 20.5. The Hall–Kier alpha value is -1.56. The molecule has 1 aromatic carbocycles. The lowest BCUT2D eigenvalue weighted by Crippen LogP contribution is -2.45. The van der Waals surface area contributed by atoms with Gasteiger partial charge in [-0.1, -0.05) is 12.1 Å². The molecule has 10 heteroatoms. The molecule has 1 atom stereocenters. The van der Waals surface area contributed by atoms with E-state index in [2.05, 4.69) is 15.6 Å². The topological polar surface area (TPSA) is 60.0 Å². The fourth-order valence-corrected chi connectivity index (χ4v) is 4.06. The van der Waals surface area contributed by atoms with E-state index >= 15 is 0 Å². The molecule has 2 fully saturated rings. The molecule has 180 valence electrons. The number of hydrogen-bond donors (Lipinski definition) is 2. The van der Waals surface area contributed by atoms with Gasteiger partial charge in [-0.2, -0.15) is 13.2 Å². The maximum atomic E-state index is 12.6. The summed E-state index contributed by atoms with van der Waals surface area (Å²) in [5.41, 5.74) is 1.66. The average molecular weight is 567 g/mol. The predicted molar refractivity (Wildman–Crippen MR) is 130 cm³/mol. The third-order valence-corrected chi connectivity index (χ3v) is 5.62. The molecule has 2 aliphatic heterocycles. The fraction of sp³-hybridized carbons (Fsp3) is 0.636. The van der Waals surface area contributed by atoms with Crippen LogP contribution in [0.5, 0.6) is 0 Å². The smallest absolute Gasteiger partial charge is 0.357 e. The van der Waals surface area contributed by atoms with E-state index in [1.165, 1.54) is 11.3 Å². The number of alkyl halides is 3. The Morgan fingerprint density at radius 2 is 1.81 bits per heavy atom. The van der Waals surface area contributed by atoms with E-state index in [-0.39, 0.29) is 35.9 Å². The van der Waals surface area contributed by atoms with E-state index in [0.717, 1.165) is 31.5 Å². The molecule has 6 nitrogen and oxygen atoms in total. The Bertz CT molecular complexity index is 751. The van der Waals surface area contributed by atoms with E-state index in [0.29, 0.717) is 44.1 Å². The standard InChI is InChI=1S/C22H32F3N5O.HI/c1-2-26-21(28-19-10-13-29(15-19)16-22(23,24)25)27-14-17-6-8-18(9-7-17)20(31)30-11-4-3-5-12-30;/h6-9,19H,2-5,10-16H2,1H3,(H2,26,27,28);1H. The lowest BCUT2D eigenvalue weighted by Gasteiger charge is -2.26. The molecule has 2 saturated heterocycles. The summed E-state index contributed by atoms with van der Waals surface area (Å²) in [5, 5.41) is 6.40. The van der Waals surface area contributed by atoms with E-state index in [4.69, 9.17) is 0 Å². The number of nitrogens with zero attached hydrogens (tertiary/aromatic N) is 3. The highest BCUT2D eigenvalue weighted by Gasteiger charge is 2.34. The van der Waals surface area contributed by atoms with Crippen molar-refractivity contribution in [1.29, 1.82) is 0 Å². The molecule has 1 unspecified atom stereocenters. The van der Waals surface area contributed by atoms with Crippen LogP contribution in [-0.4, -0.2) is 73.2 Å². The average Bonchev–Trinajstić information content (AvgIpc) is 3.17. The van der Waals surface area contributed by atoms with Gasteiger partial charge in [0.2, 0.25) is 0 Å². The Labute approximate surface area is 205 Å². The Kier molecular flexibility index (Phi) is 10.5. The predicted octanol–water partition coefficient (Wildman–Crippen LogP) is 3.62. The van der Waals surface area contributed by atoms with E-state index in [1.54, 1.807) is 0 Å². The van der Waals surface area contributed by atoms with Crippen LogP contribution in [0.2, 0.25) is 0 Å². The van der Waals surface area contributed by atoms with Crippen molar-refractivity contribution in [2.45, 2.75) is 51.4 Å². The molecule has 1 amide bonds. The number of guanidine groups is 1. The summed E-state index contributed by atoms with van der Waals surface area (Å²) in [6.45, 7) is 4.57. The van der Waals surface area contributed by atoms with Gasteiger partial charge < -0.3 is 15.5 Å². The van der Waals surface area contributed by atoms with Gasteiger partial charge in [-0.3, -0.25) is 9.69 Å². The number of rotatable bonds is 6. The first-order valence-corrected chi connectivity index (χ1v) is 11.1. The number of aliphatic imine (C=N–C) groups is 1. The summed E-state index contributed by atoms with van der Waals surface area (Å²) in [5.74, 6) is 0.671. The SMILES string of the molecule is CCNC(=NCc1ccc(C(=O)N2CCCCC2)cc1)NC1CCN(CC(F)(F)F)C1.I. The lowest BCUT2D eigenvalue weighted by molar-refractivity contribution is -0.143. The van der Waals surface area contributed by atoms with Gasteiger partial charge in [0.15, 0.2) is 5.96 Å². The van der Waals surface area contributed by atoms with Crippen molar-refractivity contribution in [3.05, 3.63) is 35.4 Å². The van der Waals surface area contributed by atoms with E-state index < -0.39 is 12.7 Å². The molecular formula is C22H33F3IN5O. The molecule has 0 bridgehead atoms. The Morgan fingerprint density at radius 3 is 2.44 bits per heavy atom. The maximum Gasteiger partial charge on any atom is 0.401 e. The zero-order chi connectivity index (χ0) is 22.3.